The van der Waals surface area contributed by atoms with Gasteiger partial charge < -0.3 is 19.9 Å². The number of benzene rings is 1. The zero-order chi connectivity index (χ0) is 21.5. The van der Waals surface area contributed by atoms with Crippen LogP contribution < -0.4 is 15.4 Å². The summed E-state index contributed by atoms with van der Waals surface area (Å²) in [4.78, 5) is 4.85. The van der Waals surface area contributed by atoms with E-state index in [0.29, 0.717) is 19.2 Å². The van der Waals surface area contributed by atoms with Crippen molar-refractivity contribution in [3.8, 4) is 5.75 Å². The van der Waals surface area contributed by atoms with Gasteiger partial charge in [0.15, 0.2) is 11.8 Å². The van der Waals surface area contributed by atoms with Gasteiger partial charge in [-0.3, -0.25) is 0 Å². The quantitative estimate of drug-likeness (QED) is 0.293. The molecule has 0 spiro atoms. The lowest BCUT2D eigenvalue weighted by molar-refractivity contribution is 0.261. The monoisotopic (exact) mass is 540 g/mol. The summed E-state index contributed by atoms with van der Waals surface area (Å²) >= 11 is 0. The van der Waals surface area contributed by atoms with Crippen molar-refractivity contribution in [2.24, 2.45) is 18.0 Å². The van der Waals surface area contributed by atoms with E-state index < -0.39 is 0 Å². The maximum atomic E-state index is 5.82. The molecule has 0 amide bonds. The average molecular weight is 540 g/mol. The Morgan fingerprint density at radius 3 is 2.71 bits per heavy atom. The molecule has 1 aromatic heterocycles. The van der Waals surface area contributed by atoms with Gasteiger partial charge in [0.2, 0.25) is 0 Å². The number of nitrogens with zero attached hydrogens (tertiary/aromatic N) is 4. The van der Waals surface area contributed by atoms with Crippen LogP contribution in [-0.4, -0.2) is 33.4 Å². The van der Waals surface area contributed by atoms with Gasteiger partial charge in [-0.15, -0.1) is 34.2 Å². The molecule has 0 saturated heterocycles. The van der Waals surface area contributed by atoms with E-state index in [1.54, 1.807) is 0 Å². The fraction of sp³-hybridized carbons (Fsp3) is 0.609. The van der Waals surface area contributed by atoms with Gasteiger partial charge in [0.05, 0.1) is 12.6 Å². The maximum Gasteiger partial charge on any atom is 0.192 e. The van der Waals surface area contributed by atoms with E-state index in [2.05, 4.69) is 53.7 Å². The fourth-order valence-corrected chi connectivity index (χ4v) is 3.67. The summed E-state index contributed by atoms with van der Waals surface area (Å²) in [5.41, 5.74) is 1.18. The summed E-state index contributed by atoms with van der Waals surface area (Å²) in [6.45, 7) is 9.91. The molecule has 2 aromatic rings. The fourth-order valence-electron chi connectivity index (χ4n) is 3.67. The number of aliphatic imine (C=N–C) groups is 1. The predicted octanol–water partition coefficient (Wildman–Crippen LogP) is 4.52. The van der Waals surface area contributed by atoms with Crippen LogP contribution >= 0.6 is 24.0 Å². The van der Waals surface area contributed by atoms with Crippen molar-refractivity contribution < 1.29 is 4.74 Å². The number of rotatable bonds is 8. The number of halogens is 1. The van der Waals surface area contributed by atoms with Crippen LogP contribution in [0.1, 0.15) is 69.7 Å². The summed E-state index contributed by atoms with van der Waals surface area (Å²) in [6, 6.07) is 8.74. The van der Waals surface area contributed by atoms with Gasteiger partial charge in [-0.1, -0.05) is 44.9 Å². The Balaban J connectivity index is 0.00000341. The van der Waals surface area contributed by atoms with Gasteiger partial charge in [-0.25, -0.2) is 4.99 Å². The van der Waals surface area contributed by atoms with Crippen LogP contribution in [0.5, 0.6) is 5.75 Å². The third-order valence-electron chi connectivity index (χ3n) is 5.63. The van der Waals surface area contributed by atoms with E-state index in [1.165, 1.54) is 18.4 Å². The molecule has 7 nitrogen and oxygen atoms in total. The van der Waals surface area contributed by atoms with Crippen LogP contribution in [0, 0.1) is 12.8 Å². The second kappa shape index (κ2) is 12.3. The Morgan fingerprint density at radius 1 is 1.23 bits per heavy atom. The lowest BCUT2D eigenvalue weighted by Gasteiger charge is -2.29. The van der Waals surface area contributed by atoms with Crippen molar-refractivity contribution in [2.75, 3.05) is 6.61 Å². The maximum absolute atomic E-state index is 5.82. The molecule has 0 aliphatic carbocycles. The number of aromatic nitrogens is 3. The van der Waals surface area contributed by atoms with Gasteiger partial charge in [0.1, 0.15) is 18.1 Å². The standard InChI is InChI=1S/C23H36N6O.HI/c1-16(2)9-8-10-17(3)25-23(24-15-22-28-27-18(4)29(22)5)26-20-13-14-30-21-12-7-6-11-19(20)21;/h6-7,11-12,16-17,20H,8-10,13-15H2,1-5H3,(H2,24,25,26);1H. The van der Waals surface area contributed by atoms with Crippen LogP contribution in [0.15, 0.2) is 29.3 Å². The molecule has 2 heterocycles. The first kappa shape index (κ1) is 25.4. The number of nitrogens with one attached hydrogen (secondary N) is 2. The lowest BCUT2D eigenvalue weighted by atomic mass is 10.0. The number of hydrogen-bond donors (Lipinski definition) is 2. The average Bonchev–Trinajstić information content (AvgIpc) is 3.04. The largest absolute Gasteiger partial charge is 0.493 e. The molecule has 8 heteroatoms. The number of para-hydroxylation sites is 1. The van der Waals surface area contributed by atoms with Gasteiger partial charge in [0.25, 0.3) is 0 Å². The number of aryl methyl sites for hydroxylation is 1. The second-order valence-corrected chi connectivity index (χ2v) is 8.63. The number of hydrogen-bond acceptors (Lipinski definition) is 4. The van der Waals surface area contributed by atoms with E-state index >= 15 is 0 Å². The Morgan fingerprint density at radius 2 is 2.00 bits per heavy atom. The molecule has 1 aromatic carbocycles. The molecule has 172 valence electrons. The highest BCUT2D eigenvalue weighted by Gasteiger charge is 2.22. The molecule has 2 unspecified atom stereocenters. The SMILES string of the molecule is Cc1nnc(CN=C(NC(C)CCCC(C)C)NC2CCOc3ccccc32)n1C.I. The molecular weight excluding hydrogens is 503 g/mol. The highest BCUT2D eigenvalue weighted by atomic mass is 127. The van der Waals surface area contributed by atoms with Crippen molar-refractivity contribution in [3.05, 3.63) is 41.5 Å². The van der Waals surface area contributed by atoms with Crippen molar-refractivity contribution in [2.45, 2.75) is 72.0 Å². The third kappa shape index (κ3) is 7.36. The van der Waals surface area contributed by atoms with Crippen LogP contribution in [0.2, 0.25) is 0 Å². The summed E-state index contributed by atoms with van der Waals surface area (Å²) in [6.07, 6.45) is 4.48. The molecule has 0 saturated carbocycles. The van der Waals surface area contributed by atoms with E-state index in [1.807, 2.05) is 30.7 Å². The van der Waals surface area contributed by atoms with Gasteiger partial charge in [-0.05, 0) is 32.3 Å². The minimum Gasteiger partial charge on any atom is -0.493 e. The summed E-state index contributed by atoms with van der Waals surface area (Å²) in [7, 11) is 1.98. The molecule has 0 bridgehead atoms. The minimum absolute atomic E-state index is 0. The molecule has 3 rings (SSSR count). The normalized spacial score (nSPS) is 16.8. The van der Waals surface area contributed by atoms with Crippen LogP contribution in [0.4, 0.5) is 0 Å². The van der Waals surface area contributed by atoms with E-state index in [9.17, 15) is 0 Å². The molecular formula is C23H37IN6O. The van der Waals surface area contributed by atoms with E-state index in [0.717, 1.165) is 42.1 Å². The lowest BCUT2D eigenvalue weighted by Crippen LogP contribution is -2.44. The summed E-state index contributed by atoms with van der Waals surface area (Å²) in [5, 5.41) is 15.6. The first-order valence-electron chi connectivity index (χ1n) is 11.1. The number of guanidine groups is 1. The Bertz CT molecular complexity index is 850. The Labute approximate surface area is 203 Å². The third-order valence-corrected chi connectivity index (χ3v) is 5.63. The zero-order valence-electron chi connectivity index (χ0n) is 19.4. The van der Waals surface area contributed by atoms with Gasteiger partial charge >= 0.3 is 0 Å². The number of ether oxygens (including phenoxy) is 1. The first-order chi connectivity index (χ1) is 14.4. The van der Waals surface area contributed by atoms with E-state index in [-0.39, 0.29) is 30.0 Å². The molecule has 0 fully saturated rings. The van der Waals surface area contributed by atoms with Crippen molar-refractivity contribution in [1.29, 1.82) is 0 Å². The molecule has 31 heavy (non-hydrogen) atoms. The minimum atomic E-state index is 0. The van der Waals surface area contributed by atoms with Crippen LogP contribution in [0.3, 0.4) is 0 Å². The topological polar surface area (TPSA) is 76.4 Å². The van der Waals surface area contributed by atoms with Crippen molar-refractivity contribution in [1.82, 2.24) is 25.4 Å². The van der Waals surface area contributed by atoms with E-state index in [4.69, 9.17) is 9.73 Å². The molecule has 0 radical (unpaired) electrons. The predicted molar refractivity (Wildman–Crippen MR) is 136 cm³/mol. The molecule has 2 atom stereocenters. The Kier molecular flexibility index (Phi) is 10.1. The number of fused-ring (bicyclic) bond motifs is 1. The molecule has 1 aliphatic heterocycles. The smallest absolute Gasteiger partial charge is 0.192 e. The highest BCUT2D eigenvalue weighted by molar-refractivity contribution is 14.0. The summed E-state index contributed by atoms with van der Waals surface area (Å²) < 4.78 is 7.80. The second-order valence-electron chi connectivity index (χ2n) is 8.63. The molecule has 1 aliphatic rings. The van der Waals surface area contributed by atoms with Crippen molar-refractivity contribution >= 4 is 29.9 Å². The van der Waals surface area contributed by atoms with Gasteiger partial charge in [0, 0.05) is 25.1 Å². The molecule has 2 N–H and O–H groups in total. The summed E-state index contributed by atoms with van der Waals surface area (Å²) in [5.74, 6) is 4.25. The van der Waals surface area contributed by atoms with Gasteiger partial charge in [-0.2, -0.15) is 0 Å². The van der Waals surface area contributed by atoms with Crippen molar-refractivity contribution in [3.63, 3.8) is 0 Å². The first-order valence-corrected chi connectivity index (χ1v) is 11.1. The highest BCUT2D eigenvalue weighted by Crippen LogP contribution is 2.31. The van der Waals surface area contributed by atoms with Crippen LogP contribution in [-0.2, 0) is 13.6 Å². The van der Waals surface area contributed by atoms with Crippen LogP contribution in [0.25, 0.3) is 0 Å². The zero-order valence-corrected chi connectivity index (χ0v) is 21.7. The Hall–Kier alpha value is -1.84.